The average Bonchev–Trinajstić information content (AvgIpc) is 3.67. The van der Waals surface area contributed by atoms with Crippen LogP contribution in [0.5, 0.6) is 0 Å². The molecule has 0 saturated carbocycles. The zero-order valence-electron chi connectivity index (χ0n) is 21.2. The van der Waals surface area contributed by atoms with Crippen LogP contribution in [-0.2, 0) is 11.8 Å². The van der Waals surface area contributed by atoms with Gasteiger partial charge in [0.25, 0.3) is 0 Å². The maximum absolute atomic E-state index is 15.3. The number of carbonyl (C=O) groups is 1. The molecule has 192 valence electrons. The minimum Gasteiger partial charge on any atom is -0.350 e. The number of pyridine rings is 1. The van der Waals surface area contributed by atoms with Gasteiger partial charge in [0, 0.05) is 55.7 Å². The predicted octanol–water partition coefficient (Wildman–Crippen LogP) is 4.37. The zero-order valence-corrected chi connectivity index (χ0v) is 21.2. The molecule has 0 spiro atoms. The standard InChI is InChI=1S/C28H25F2N7O/c1-15-5-4-6-20-27(25-21-14-34(3)32-26(21)23(30)10-22(25)29)33-37(28(15)20)17-7-8-24(31-11-17)36-13-18-9-19(36)12-35(18)16(2)38/h4-8,10-11,14,18-19H,9,12-13H2,1-3H3/t18-,19-/m0/s1. The van der Waals surface area contributed by atoms with Gasteiger partial charge in [-0.15, -0.1) is 0 Å². The van der Waals surface area contributed by atoms with Crippen LogP contribution in [0.15, 0.2) is 48.8 Å². The molecule has 5 heterocycles. The molecule has 8 nitrogen and oxygen atoms in total. The van der Waals surface area contributed by atoms with Crippen molar-refractivity contribution in [2.24, 2.45) is 7.05 Å². The highest BCUT2D eigenvalue weighted by atomic mass is 19.1. The number of amides is 1. The smallest absolute Gasteiger partial charge is 0.219 e. The Labute approximate surface area is 217 Å². The second kappa shape index (κ2) is 8.08. The number of halogens is 2. The first kappa shape index (κ1) is 22.8. The lowest BCUT2D eigenvalue weighted by Gasteiger charge is -2.34. The fourth-order valence-electron chi connectivity index (χ4n) is 6.18. The van der Waals surface area contributed by atoms with E-state index >= 15 is 4.39 Å². The number of nitrogens with zero attached hydrogens (tertiary/aromatic N) is 7. The van der Waals surface area contributed by atoms with Crippen LogP contribution in [0.1, 0.15) is 18.9 Å². The number of benzene rings is 2. The van der Waals surface area contributed by atoms with Crippen molar-refractivity contribution in [1.82, 2.24) is 29.4 Å². The Morgan fingerprint density at radius 2 is 1.87 bits per heavy atom. The number of anilines is 1. The van der Waals surface area contributed by atoms with Crippen LogP contribution in [0.3, 0.4) is 0 Å². The zero-order chi connectivity index (χ0) is 26.3. The van der Waals surface area contributed by atoms with Crippen molar-refractivity contribution in [3.05, 3.63) is 66.0 Å². The van der Waals surface area contributed by atoms with Crippen LogP contribution in [0, 0.1) is 18.6 Å². The van der Waals surface area contributed by atoms with Crippen LogP contribution < -0.4 is 4.90 Å². The second-order valence-corrected chi connectivity index (χ2v) is 10.3. The van der Waals surface area contributed by atoms with Gasteiger partial charge in [-0.25, -0.2) is 18.4 Å². The number of carbonyl (C=O) groups excluding carboxylic acids is 1. The number of aryl methyl sites for hydroxylation is 2. The molecule has 2 fully saturated rings. The molecule has 1 amide bonds. The van der Waals surface area contributed by atoms with Crippen molar-refractivity contribution < 1.29 is 13.6 Å². The van der Waals surface area contributed by atoms with E-state index in [2.05, 4.69) is 10.00 Å². The Balaban J connectivity index is 1.32. The third-order valence-corrected chi connectivity index (χ3v) is 7.87. The number of rotatable bonds is 3. The van der Waals surface area contributed by atoms with Gasteiger partial charge in [0.05, 0.1) is 29.5 Å². The molecule has 3 aromatic heterocycles. The van der Waals surface area contributed by atoms with Crippen molar-refractivity contribution in [2.45, 2.75) is 32.4 Å². The fourth-order valence-corrected chi connectivity index (χ4v) is 6.18. The van der Waals surface area contributed by atoms with Gasteiger partial charge in [0.2, 0.25) is 5.91 Å². The van der Waals surface area contributed by atoms with Crippen LogP contribution in [-0.4, -0.2) is 60.5 Å². The molecule has 2 saturated heterocycles. The Morgan fingerprint density at radius 1 is 1.03 bits per heavy atom. The third-order valence-electron chi connectivity index (χ3n) is 7.87. The maximum atomic E-state index is 15.3. The quantitative estimate of drug-likeness (QED) is 0.358. The number of aromatic nitrogens is 5. The van der Waals surface area contributed by atoms with Crippen LogP contribution >= 0.6 is 0 Å². The Kier molecular flexibility index (Phi) is 4.85. The lowest BCUT2D eigenvalue weighted by molar-refractivity contribution is -0.129. The highest BCUT2D eigenvalue weighted by Gasteiger charge is 2.44. The lowest BCUT2D eigenvalue weighted by Crippen LogP contribution is -2.48. The van der Waals surface area contributed by atoms with Gasteiger partial charge in [0.15, 0.2) is 5.82 Å². The molecule has 2 atom stereocenters. The monoisotopic (exact) mass is 513 g/mol. The summed E-state index contributed by atoms with van der Waals surface area (Å²) in [6.45, 7) is 5.10. The molecule has 2 aliphatic rings. The molecule has 0 unspecified atom stereocenters. The van der Waals surface area contributed by atoms with Gasteiger partial charge in [-0.3, -0.25) is 9.48 Å². The Bertz CT molecular complexity index is 1760. The summed E-state index contributed by atoms with van der Waals surface area (Å²) in [6.07, 6.45) is 4.35. The maximum Gasteiger partial charge on any atom is 0.219 e. The van der Waals surface area contributed by atoms with Crippen molar-refractivity contribution in [3.63, 3.8) is 0 Å². The van der Waals surface area contributed by atoms with E-state index in [9.17, 15) is 9.18 Å². The van der Waals surface area contributed by atoms with E-state index in [1.807, 2.05) is 42.2 Å². The van der Waals surface area contributed by atoms with E-state index < -0.39 is 11.6 Å². The van der Waals surface area contributed by atoms with Crippen LogP contribution in [0.25, 0.3) is 38.8 Å². The summed E-state index contributed by atoms with van der Waals surface area (Å²) in [5, 5.41) is 10.2. The van der Waals surface area contributed by atoms with E-state index in [0.29, 0.717) is 11.1 Å². The summed E-state index contributed by atoms with van der Waals surface area (Å²) in [5.74, 6) is -0.408. The Morgan fingerprint density at radius 3 is 2.58 bits per heavy atom. The molecule has 0 radical (unpaired) electrons. The number of hydrogen-bond donors (Lipinski definition) is 0. The molecule has 2 aliphatic heterocycles. The average molecular weight is 514 g/mol. The fraction of sp³-hybridized carbons (Fsp3) is 0.286. The normalized spacial score (nSPS) is 18.9. The number of hydrogen-bond acceptors (Lipinski definition) is 5. The number of likely N-dealkylation sites (tertiary alicyclic amines) is 1. The molecular weight excluding hydrogens is 488 g/mol. The van der Waals surface area contributed by atoms with Crippen molar-refractivity contribution in [1.29, 1.82) is 0 Å². The third kappa shape index (κ3) is 3.25. The molecular formula is C28H25F2N7O. The first-order valence-corrected chi connectivity index (χ1v) is 12.6. The second-order valence-electron chi connectivity index (χ2n) is 10.3. The topological polar surface area (TPSA) is 72.1 Å². The van der Waals surface area contributed by atoms with Crippen LogP contribution in [0.4, 0.5) is 14.6 Å². The molecule has 7 rings (SSSR count). The van der Waals surface area contributed by atoms with Gasteiger partial charge in [-0.05, 0) is 31.0 Å². The van der Waals surface area contributed by atoms with Crippen molar-refractivity contribution >= 4 is 33.5 Å². The minimum atomic E-state index is -0.705. The molecule has 10 heteroatoms. The van der Waals surface area contributed by atoms with Gasteiger partial charge in [0.1, 0.15) is 22.8 Å². The first-order chi connectivity index (χ1) is 18.3. The SMILES string of the molecule is CC(=O)N1C[C@@H]2C[C@H]1CN2c1ccc(-n2nc(-c3c(F)cc(F)c4nn(C)cc34)c3cccc(C)c32)cn1. The molecule has 38 heavy (non-hydrogen) atoms. The van der Waals surface area contributed by atoms with Gasteiger partial charge in [-0.2, -0.15) is 10.2 Å². The van der Waals surface area contributed by atoms with Crippen molar-refractivity contribution in [3.8, 4) is 16.9 Å². The highest BCUT2D eigenvalue weighted by Crippen LogP contribution is 2.38. The number of para-hydroxylation sites is 1. The summed E-state index contributed by atoms with van der Waals surface area (Å²) in [4.78, 5) is 20.8. The van der Waals surface area contributed by atoms with Gasteiger partial charge in [-0.1, -0.05) is 18.2 Å². The molecule has 0 N–H and O–H groups in total. The Hall–Kier alpha value is -4.34. The van der Waals surface area contributed by atoms with Crippen molar-refractivity contribution in [2.75, 3.05) is 18.0 Å². The lowest BCUT2D eigenvalue weighted by atomic mass is 10.0. The first-order valence-electron chi connectivity index (χ1n) is 12.6. The predicted molar refractivity (Wildman–Crippen MR) is 140 cm³/mol. The van der Waals surface area contributed by atoms with E-state index in [1.54, 1.807) is 31.0 Å². The largest absolute Gasteiger partial charge is 0.350 e. The van der Waals surface area contributed by atoms with Gasteiger partial charge < -0.3 is 9.80 Å². The summed E-state index contributed by atoms with van der Waals surface area (Å²) >= 11 is 0. The van der Waals surface area contributed by atoms with E-state index in [1.165, 1.54) is 4.68 Å². The summed E-state index contributed by atoms with van der Waals surface area (Å²) < 4.78 is 33.1. The number of fused-ring (bicyclic) bond motifs is 4. The van der Waals surface area contributed by atoms with E-state index in [0.717, 1.165) is 53.5 Å². The van der Waals surface area contributed by atoms with E-state index in [4.69, 9.17) is 10.1 Å². The number of piperazine rings is 1. The molecule has 2 aromatic carbocycles. The molecule has 2 bridgehead atoms. The summed E-state index contributed by atoms with van der Waals surface area (Å²) in [5.41, 5.74) is 3.28. The minimum absolute atomic E-state index is 0.105. The van der Waals surface area contributed by atoms with Gasteiger partial charge >= 0.3 is 0 Å². The van der Waals surface area contributed by atoms with E-state index in [-0.39, 0.29) is 29.1 Å². The summed E-state index contributed by atoms with van der Waals surface area (Å²) in [6, 6.07) is 11.1. The highest BCUT2D eigenvalue weighted by molar-refractivity contribution is 6.04. The van der Waals surface area contributed by atoms with Crippen LogP contribution in [0.2, 0.25) is 0 Å². The molecule has 0 aliphatic carbocycles. The molecule has 5 aromatic rings. The summed E-state index contributed by atoms with van der Waals surface area (Å²) in [7, 11) is 1.68.